The number of carbonyl (C=O) groups excluding carboxylic acids is 1. The standard InChI is InChI=1S/C3H2N2O2/c6-3-1-2-4-5(3)7/h1-2H. The summed E-state index contributed by atoms with van der Waals surface area (Å²) in [6.07, 6.45) is 2.27. The quantitative estimate of drug-likeness (QED) is 0.316. The summed E-state index contributed by atoms with van der Waals surface area (Å²) in [5.74, 6) is -0.611. The molecule has 1 aliphatic heterocycles. The Morgan fingerprint density at radius 3 is 2.71 bits per heavy atom. The van der Waals surface area contributed by atoms with E-state index < -0.39 is 5.91 Å². The van der Waals surface area contributed by atoms with E-state index >= 15 is 0 Å². The average Bonchev–Trinajstić information content (AvgIpc) is 1.91. The lowest BCUT2D eigenvalue weighted by molar-refractivity contribution is -0.436. The molecule has 0 aromatic heterocycles. The van der Waals surface area contributed by atoms with Gasteiger partial charge in [0.15, 0.2) is 0 Å². The first-order chi connectivity index (χ1) is 3.30. The van der Waals surface area contributed by atoms with Crippen LogP contribution in [0, 0.1) is 5.21 Å². The lowest BCUT2D eigenvalue weighted by Gasteiger charge is -1.82. The van der Waals surface area contributed by atoms with Crippen LogP contribution in [0.3, 0.4) is 0 Å². The number of amides is 1. The number of azo groups is 1. The maximum Gasteiger partial charge on any atom is 0.450 e. The van der Waals surface area contributed by atoms with Gasteiger partial charge in [0.25, 0.3) is 0 Å². The topological polar surface area (TPSA) is 55.5 Å². The predicted octanol–water partition coefficient (Wildman–Crippen LogP) is 0.00280. The van der Waals surface area contributed by atoms with E-state index in [4.69, 9.17) is 0 Å². The Kier molecular flexibility index (Phi) is 0.651. The van der Waals surface area contributed by atoms with Crippen LogP contribution in [0.4, 0.5) is 0 Å². The zero-order valence-electron chi connectivity index (χ0n) is 3.37. The predicted molar refractivity (Wildman–Crippen MR) is 20.2 cm³/mol. The molecule has 1 heterocycles. The second-order valence-corrected chi connectivity index (χ2v) is 1.04. The van der Waals surface area contributed by atoms with Crippen molar-refractivity contribution in [2.45, 2.75) is 0 Å². The van der Waals surface area contributed by atoms with Crippen molar-refractivity contribution in [3.63, 3.8) is 0 Å². The first kappa shape index (κ1) is 3.98. The zero-order chi connectivity index (χ0) is 5.28. The van der Waals surface area contributed by atoms with Gasteiger partial charge >= 0.3 is 5.91 Å². The molecule has 0 fully saturated rings. The van der Waals surface area contributed by atoms with Crippen molar-refractivity contribution in [3.05, 3.63) is 17.5 Å². The number of carbonyl (C=O) groups is 1. The van der Waals surface area contributed by atoms with Gasteiger partial charge in [0.05, 0.1) is 6.08 Å². The normalized spacial score (nSPS) is 17.7. The van der Waals surface area contributed by atoms with Gasteiger partial charge in [-0.25, -0.2) is 4.79 Å². The molecular weight excluding hydrogens is 96.0 g/mol. The maximum atomic E-state index is 10.0. The third-order valence-corrected chi connectivity index (χ3v) is 0.577. The largest absolute Gasteiger partial charge is 0.591 e. The fourth-order valence-electron chi connectivity index (χ4n) is 0.278. The van der Waals surface area contributed by atoms with Crippen LogP contribution in [0.25, 0.3) is 0 Å². The maximum absolute atomic E-state index is 10.0. The summed E-state index contributed by atoms with van der Waals surface area (Å²) < 4.78 is 0. The SMILES string of the molecule is O=C1C=CN=[N+]1[O-]. The van der Waals surface area contributed by atoms with Crippen LogP contribution in [0.2, 0.25) is 0 Å². The van der Waals surface area contributed by atoms with Crippen LogP contribution in [-0.4, -0.2) is 10.8 Å². The second-order valence-electron chi connectivity index (χ2n) is 1.04. The molecule has 0 N–H and O–H groups in total. The van der Waals surface area contributed by atoms with Crippen molar-refractivity contribution in [1.82, 2.24) is 0 Å². The van der Waals surface area contributed by atoms with Gasteiger partial charge in [0.2, 0.25) is 0 Å². The van der Waals surface area contributed by atoms with E-state index in [1.807, 2.05) is 0 Å². The molecule has 36 valence electrons. The van der Waals surface area contributed by atoms with Crippen molar-refractivity contribution in [3.8, 4) is 0 Å². The summed E-state index contributed by atoms with van der Waals surface area (Å²) >= 11 is 0. The zero-order valence-corrected chi connectivity index (χ0v) is 3.37. The Hall–Kier alpha value is -1.19. The molecule has 1 aliphatic rings. The molecule has 7 heavy (non-hydrogen) atoms. The number of rotatable bonds is 0. The first-order valence-corrected chi connectivity index (χ1v) is 1.69. The molecule has 4 nitrogen and oxygen atoms in total. The van der Waals surface area contributed by atoms with Crippen molar-refractivity contribution in [2.24, 2.45) is 5.11 Å². The van der Waals surface area contributed by atoms with Crippen molar-refractivity contribution < 1.29 is 9.66 Å². The van der Waals surface area contributed by atoms with Gasteiger partial charge in [0.1, 0.15) is 6.20 Å². The molecule has 4 heteroatoms. The monoisotopic (exact) mass is 98.0 g/mol. The average molecular weight is 98.1 g/mol. The lowest BCUT2D eigenvalue weighted by Crippen LogP contribution is -2.03. The van der Waals surface area contributed by atoms with Gasteiger partial charge in [-0.1, -0.05) is 0 Å². The van der Waals surface area contributed by atoms with E-state index in [1.54, 1.807) is 0 Å². The smallest absolute Gasteiger partial charge is 0.450 e. The summed E-state index contributed by atoms with van der Waals surface area (Å²) in [5.41, 5.74) is 0. The Bertz CT molecular complexity index is 158. The van der Waals surface area contributed by atoms with Crippen LogP contribution in [0.15, 0.2) is 17.4 Å². The van der Waals surface area contributed by atoms with Gasteiger partial charge in [-0.15, -0.1) is 0 Å². The molecule has 1 rings (SSSR count). The van der Waals surface area contributed by atoms with Crippen LogP contribution in [0.1, 0.15) is 0 Å². The van der Waals surface area contributed by atoms with E-state index in [0.717, 1.165) is 12.3 Å². The molecule has 1 amide bonds. The van der Waals surface area contributed by atoms with E-state index in [0.29, 0.717) is 0 Å². The second kappa shape index (κ2) is 1.14. The molecule has 0 aromatic rings. The van der Waals surface area contributed by atoms with Gasteiger partial charge in [0, 0.05) is 5.11 Å². The summed E-state index contributed by atoms with van der Waals surface area (Å²) in [6, 6.07) is 0. The van der Waals surface area contributed by atoms with Gasteiger partial charge in [-0.2, -0.15) is 0 Å². The van der Waals surface area contributed by atoms with E-state index in [2.05, 4.69) is 5.11 Å². The van der Waals surface area contributed by atoms with Crippen LogP contribution in [-0.2, 0) is 4.79 Å². The van der Waals surface area contributed by atoms with Crippen LogP contribution in [0.5, 0.6) is 0 Å². The molecule has 0 bridgehead atoms. The lowest BCUT2D eigenvalue weighted by atomic mass is 10.6. The minimum atomic E-state index is -0.611. The Morgan fingerprint density at radius 1 is 1.86 bits per heavy atom. The Labute approximate surface area is 39.3 Å². The molecular formula is C3H2N2O2. The van der Waals surface area contributed by atoms with Crippen molar-refractivity contribution in [2.75, 3.05) is 0 Å². The number of hydrogen-bond donors (Lipinski definition) is 0. The highest BCUT2D eigenvalue weighted by atomic mass is 16.5. The molecule has 0 saturated carbocycles. The third kappa shape index (κ3) is 0.489. The minimum absolute atomic E-state index is 0.0278. The van der Waals surface area contributed by atoms with Crippen LogP contribution >= 0.6 is 0 Å². The Morgan fingerprint density at radius 2 is 2.57 bits per heavy atom. The molecule has 0 atom stereocenters. The van der Waals surface area contributed by atoms with E-state index in [9.17, 15) is 10.0 Å². The van der Waals surface area contributed by atoms with Gasteiger partial charge in [-0.05, 0) is 4.86 Å². The van der Waals surface area contributed by atoms with Gasteiger partial charge in [-0.3, -0.25) is 0 Å². The molecule has 0 unspecified atom stereocenters. The van der Waals surface area contributed by atoms with Crippen molar-refractivity contribution >= 4 is 5.91 Å². The molecule has 0 aliphatic carbocycles. The molecule has 0 saturated heterocycles. The van der Waals surface area contributed by atoms with E-state index in [1.165, 1.54) is 0 Å². The fourth-order valence-corrected chi connectivity index (χ4v) is 0.278. The minimum Gasteiger partial charge on any atom is -0.591 e. The molecule has 0 spiro atoms. The highest BCUT2D eigenvalue weighted by Crippen LogP contribution is 1.90. The van der Waals surface area contributed by atoms with Gasteiger partial charge < -0.3 is 5.21 Å². The highest BCUT2D eigenvalue weighted by molar-refractivity contribution is 5.80. The number of hydroxylamine groups is 1. The number of nitrogens with zero attached hydrogens (tertiary/aromatic N) is 2. The van der Waals surface area contributed by atoms with E-state index in [-0.39, 0.29) is 4.86 Å². The summed E-state index contributed by atoms with van der Waals surface area (Å²) in [6.45, 7) is 0. The first-order valence-electron chi connectivity index (χ1n) is 1.69. The molecule has 0 radical (unpaired) electrons. The summed E-state index contributed by atoms with van der Waals surface area (Å²) in [5, 5.41) is 13.0. The fraction of sp³-hybridized carbons (Fsp3) is 0. The van der Waals surface area contributed by atoms with Crippen molar-refractivity contribution in [1.29, 1.82) is 0 Å². The summed E-state index contributed by atoms with van der Waals surface area (Å²) in [4.78, 5) is 10.0. The molecule has 0 aromatic carbocycles. The highest BCUT2D eigenvalue weighted by Gasteiger charge is 2.11. The summed E-state index contributed by atoms with van der Waals surface area (Å²) in [7, 11) is 0. The third-order valence-electron chi connectivity index (χ3n) is 0.577. The van der Waals surface area contributed by atoms with Crippen LogP contribution < -0.4 is 0 Å². The number of hydrogen-bond acceptors (Lipinski definition) is 3. The Balaban J connectivity index is 2.89.